The van der Waals surface area contributed by atoms with Crippen LogP contribution in [0.15, 0.2) is 0 Å². The topological polar surface area (TPSA) is 34.1 Å². The quantitative estimate of drug-likeness (QED) is 0.460. The Morgan fingerprint density at radius 1 is 1.62 bits per heavy atom. The first-order valence-corrected chi connectivity index (χ1v) is 5.20. The number of rotatable bonds is 0. The van der Waals surface area contributed by atoms with Crippen LogP contribution in [0.1, 0.15) is 6.42 Å². The maximum Gasteiger partial charge on any atom is 0.140 e. The molecule has 1 rings (SSSR count). The van der Waals surface area contributed by atoms with Gasteiger partial charge in [-0.25, -0.2) is 0 Å². The maximum absolute atomic E-state index is 11.0. The van der Waals surface area contributed by atoms with Gasteiger partial charge in [-0.05, 0) is 6.66 Å². The maximum atomic E-state index is 11.0. The summed E-state index contributed by atoms with van der Waals surface area (Å²) in [6.45, 7) is 1.71. The van der Waals surface area contributed by atoms with Crippen LogP contribution in [0.5, 0.6) is 0 Å². The third kappa shape index (κ3) is 1.19. The van der Waals surface area contributed by atoms with E-state index in [9.17, 15) is 9.36 Å². The van der Waals surface area contributed by atoms with E-state index in [1.54, 1.807) is 6.66 Å². The van der Waals surface area contributed by atoms with Crippen LogP contribution in [0.2, 0.25) is 0 Å². The van der Waals surface area contributed by atoms with Crippen LogP contribution in [0.3, 0.4) is 0 Å². The molecule has 0 aromatic rings. The Balaban J connectivity index is 2.70. The SMILES string of the molecule is CP1(=O)CCC(=O)C1. The minimum absolute atomic E-state index is 0.177. The van der Waals surface area contributed by atoms with Crippen LogP contribution >= 0.6 is 7.14 Å². The molecule has 0 spiro atoms. The van der Waals surface area contributed by atoms with Crippen LogP contribution in [0.4, 0.5) is 0 Å². The predicted molar refractivity (Wildman–Crippen MR) is 32.9 cm³/mol. The predicted octanol–water partition coefficient (Wildman–Crippen LogP) is 0.952. The van der Waals surface area contributed by atoms with Crippen molar-refractivity contribution in [2.75, 3.05) is 19.0 Å². The number of ketones is 1. The normalized spacial score (nSPS) is 38.4. The number of carbonyl (C=O) groups is 1. The highest BCUT2D eigenvalue weighted by Gasteiger charge is 2.27. The van der Waals surface area contributed by atoms with Crippen molar-refractivity contribution in [1.82, 2.24) is 0 Å². The van der Waals surface area contributed by atoms with E-state index in [2.05, 4.69) is 0 Å². The van der Waals surface area contributed by atoms with Gasteiger partial charge in [0, 0.05) is 12.6 Å². The average molecular weight is 132 g/mol. The molecule has 1 aliphatic heterocycles. The summed E-state index contributed by atoms with van der Waals surface area (Å²) in [5, 5.41) is 0. The summed E-state index contributed by atoms with van der Waals surface area (Å²) in [4.78, 5) is 10.5. The number of Topliss-reactive ketones (excluding diaryl/α,β-unsaturated/α-hetero) is 1. The average Bonchev–Trinajstić information content (AvgIpc) is 1.82. The Morgan fingerprint density at radius 2 is 2.25 bits per heavy atom. The Bertz CT molecular complexity index is 162. The van der Waals surface area contributed by atoms with Gasteiger partial charge >= 0.3 is 0 Å². The number of hydrogen-bond acceptors (Lipinski definition) is 2. The third-order valence-corrected chi connectivity index (χ3v) is 3.57. The fourth-order valence-electron chi connectivity index (χ4n) is 0.892. The highest BCUT2D eigenvalue weighted by atomic mass is 31.2. The Labute approximate surface area is 48.6 Å². The lowest BCUT2D eigenvalue weighted by Gasteiger charge is -1.95. The highest BCUT2D eigenvalue weighted by molar-refractivity contribution is 7.64. The van der Waals surface area contributed by atoms with Gasteiger partial charge in [0.25, 0.3) is 0 Å². The van der Waals surface area contributed by atoms with E-state index in [4.69, 9.17) is 0 Å². The second kappa shape index (κ2) is 1.70. The number of hydrogen-bond donors (Lipinski definition) is 0. The molecule has 1 aliphatic rings. The van der Waals surface area contributed by atoms with Gasteiger partial charge in [-0.2, -0.15) is 0 Å². The summed E-state index contributed by atoms with van der Waals surface area (Å²) in [7, 11) is -1.95. The molecule has 0 saturated carbocycles. The largest absolute Gasteiger partial charge is 0.323 e. The summed E-state index contributed by atoms with van der Waals surface area (Å²) >= 11 is 0. The monoisotopic (exact) mass is 132 g/mol. The smallest absolute Gasteiger partial charge is 0.140 e. The van der Waals surface area contributed by atoms with Crippen molar-refractivity contribution in [3.63, 3.8) is 0 Å². The first kappa shape index (κ1) is 6.03. The molecule has 0 N–H and O–H groups in total. The van der Waals surface area contributed by atoms with Crippen LogP contribution in [0, 0.1) is 0 Å². The van der Waals surface area contributed by atoms with Gasteiger partial charge in [0.2, 0.25) is 0 Å². The van der Waals surface area contributed by atoms with Gasteiger partial charge in [0.05, 0.1) is 13.3 Å². The van der Waals surface area contributed by atoms with Crippen LogP contribution < -0.4 is 0 Å². The molecule has 1 heterocycles. The zero-order chi connectivity index (χ0) is 6.20. The van der Waals surface area contributed by atoms with Crippen molar-refractivity contribution in [1.29, 1.82) is 0 Å². The van der Waals surface area contributed by atoms with Crippen molar-refractivity contribution in [3.8, 4) is 0 Å². The van der Waals surface area contributed by atoms with Gasteiger partial charge in [0.1, 0.15) is 5.78 Å². The second-order valence-corrected chi connectivity index (χ2v) is 5.82. The van der Waals surface area contributed by atoms with Crippen molar-refractivity contribution < 1.29 is 9.36 Å². The zero-order valence-electron chi connectivity index (χ0n) is 4.89. The second-order valence-electron chi connectivity index (χ2n) is 2.47. The molecule has 3 heteroatoms. The third-order valence-electron chi connectivity index (χ3n) is 1.37. The van der Waals surface area contributed by atoms with E-state index in [0.717, 1.165) is 0 Å². The lowest BCUT2D eigenvalue weighted by molar-refractivity contribution is -0.115. The van der Waals surface area contributed by atoms with Crippen molar-refractivity contribution in [2.45, 2.75) is 6.42 Å². The molecule has 0 aromatic heterocycles. The Hall–Kier alpha value is -0.100. The van der Waals surface area contributed by atoms with Gasteiger partial charge in [-0.15, -0.1) is 0 Å². The molecule has 1 atom stereocenters. The summed E-state index contributed by atoms with van der Waals surface area (Å²) in [5.74, 6) is 0.177. The van der Waals surface area contributed by atoms with E-state index >= 15 is 0 Å². The lowest BCUT2D eigenvalue weighted by Crippen LogP contribution is -1.90. The molecule has 2 nitrogen and oxygen atoms in total. The first-order valence-electron chi connectivity index (χ1n) is 2.67. The molecular formula is C5H9O2P. The molecule has 8 heavy (non-hydrogen) atoms. The van der Waals surface area contributed by atoms with E-state index in [1.165, 1.54) is 0 Å². The van der Waals surface area contributed by atoms with Crippen molar-refractivity contribution in [2.24, 2.45) is 0 Å². The fraction of sp³-hybridized carbons (Fsp3) is 0.800. The highest BCUT2D eigenvalue weighted by Crippen LogP contribution is 2.46. The molecular weight excluding hydrogens is 123 g/mol. The zero-order valence-corrected chi connectivity index (χ0v) is 5.78. The molecule has 0 bridgehead atoms. The molecule has 0 radical (unpaired) electrons. The lowest BCUT2D eigenvalue weighted by atomic mass is 10.4. The van der Waals surface area contributed by atoms with Crippen LogP contribution in [-0.2, 0) is 9.36 Å². The minimum Gasteiger partial charge on any atom is -0.323 e. The summed E-state index contributed by atoms with van der Waals surface area (Å²) in [6.07, 6.45) is 1.55. The van der Waals surface area contributed by atoms with Crippen molar-refractivity contribution >= 4 is 12.9 Å². The van der Waals surface area contributed by atoms with Crippen LogP contribution in [0.25, 0.3) is 0 Å². The van der Waals surface area contributed by atoms with Gasteiger partial charge in [-0.1, -0.05) is 0 Å². The van der Waals surface area contributed by atoms with Gasteiger partial charge < -0.3 is 4.57 Å². The molecule has 0 aromatic carbocycles. The molecule has 0 aliphatic carbocycles. The Kier molecular flexibility index (Phi) is 1.28. The molecule has 0 amide bonds. The Morgan fingerprint density at radius 3 is 2.38 bits per heavy atom. The summed E-state index contributed by atoms with van der Waals surface area (Å²) in [6, 6.07) is 0. The molecule has 1 fully saturated rings. The standard InChI is InChI=1S/C5H9O2P/c1-8(7)3-2-5(6)4-8/h2-4H2,1H3. The van der Waals surface area contributed by atoms with Crippen LogP contribution in [-0.4, -0.2) is 24.8 Å². The van der Waals surface area contributed by atoms with Gasteiger partial charge in [-0.3, -0.25) is 4.79 Å². The van der Waals surface area contributed by atoms with E-state index in [-0.39, 0.29) is 5.78 Å². The number of carbonyl (C=O) groups excluding carboxylic acids is 1. The summed E-state index contributed by atoms with van der Waals surface area (Å²) in [5.41, 5.74) is 0. The molecule has 1 unspecified atom stereocenters. The van der Waals surface area contributed by atoms with E-state index < -0.39 is 7.14 Å². The summed E-state index contributed by atoms with van der Waals surface area (Å²) < 4.78 is 11.0. The molecule has 1 saturated heterocycles. The minimum atomic E-state index is -1.95. The van der Waals surface area contributed by atoms with E-state index in [0.29, 0.717) is 18.7 Å². The first-order chi connectivity index (χ1) is 3.60. The van der Waals surface area contributed by atoms with Gasteiger partial charge in [0.15, 0.2) is 0 Å². The molecule has 46 valence electrons. The van der Waals surface area contributed by atoms with Crippen molar-refractivity contribution in [3.05, 3.63) is 0 Å². The fourth-order valence-corrected chi connectivity index (χ4v) is 2.68. The van der Waals surface area contributed by atoms with E-state index in [1.807, 2.05) is 0 Å².